The summed E-state index contributed by atoms with van der Waals surface area (Å²) in [6, 6.07) is 5.06. The molecule has 88 valence electrons. The molecule has 0 radical (unpaired) electrons. The van der Waals surface area contributed by atoms with Gasteiger partial charge >= 0.3 is 0 Å². The van der Waals surface area contributed by atoms with E-state index in [2.05, 4.69) is 10.3 Å². The van der Waals surface area contributed by atoms with Crippen LogP contribution in [-0.2, 0) is 0 Å². The van der Waals surface area contributed by atoms with Gasteiger partial charge in [-0.05, 0) is 25.1 Å². The highest BCUT2D eigenvalue weighted by molar-refractivity contribution is 6.35. The third-order valence-corrected chi connectivity index (χ3v) is 2.90. The Morgan fingerprint density at radius 2 is 2.06 bits per heavy atom. The molecule has 6 heteroatoms. The van der Waals surface area contributed by atoms with Gasteiger partial charge in [0.25, 0.3) is 0 Å². The van der Waals surface area contributed by atoms with E-state index in [4.69, 9.17) is 23.2 Å². The van der Waals surface area contributed by atoms with Crippen LogP contribution in [0.2, 0.25) is 10.0 Å². The fraction of sp³-hybridized carbons (Fsp3) is 0.182. The first-order valence-electron chi connectivity index (χ1n) is 4.89. The lowest BCUT2D eigenvalue weighted by atomic mass is 10.2. The smallest absolute Gasteiger partial charge is 0.181 e. The lowest BCUT2D eigenvalue weighted by Crippen LogP contribution is -2.01. The average molecular weight is 270 g/mol. The van der Waals surface area contributed by atoms with Crippen molar-refractivity contribution in [2.75, 3.05) is 0 Å². The van der Waals surface area contributed by atoms with Crippen LogP contribution in [-0.4, -0.2) is 20.8 Å². The predicted octanol–water partition coefficient (Wildman–Crippen LogP) is 3.09. The molecular formula is C11H9Cl2N3O. The van der Waals surface area contributed by atoms with Crippen LogP contribution in [0, 0.1) is 6.92 Å². The predicted molar refractivity (Wildman–Crippen MR) is 66.1 cm³/mol. The number of nitrogens with zero attached hydrogens (tertiary/aromatic N) is 3. The number of ketones is 1. The molecule has 0 N–H and O–H groups in total. The van der Waals surface area contributed by atoms with E-state index in [1.165, 1.54) is 11.6 Å². The molecule has 2 rings (SSSR count). The van der Waals surface area contributed by atoms with Crippen LogP contribution < -0.4 is 0 Å². The quantitative estimate of drug-likeness (QED) is 0.788. The normalized spacial score (nSPS) is 10.6. The number of Topliss-reactive ketones (excluding diaryl/α,β-unsaturated/α-hetero) is 1. The van der Waals surface area contributed by atoms with Gasteiger partial charge in [-0.25, -0.2) is 4.68 Å². The van der Waals surface area contributed by atoms with E-state index in [1.807, 2.05) is 0 Å². The van der Waals surface area contributed by atoms with Gasteiger partial charge in [-0.3, -0.25) is 4.79 Å². The van der Waals surface area contributed by atoms with Crippen molar-refractivity contribution in [3.05, 3.63) is 39.6 Å². The van der Waals surface area contributed by atoms with Crippen LogP contribution in [0.25, 0.3) is 5.69 Å². The second-order valence-electron chi connectivity index (χ2n) is 3.59. The number of carbonyl (C=O) groups excluding carboxylic acids is 1. The zero-order chi connectivity index (χ0) is 12.6. The van der Waals surface area contributed by atoms with Gasteiger partial charge in [-0.1, -0.05) is 28.4 Å². The van der Waals surface area contributed by atoms with E-state index < -0.39 is 0 Å². The summed E-state index contributed by atoms with van der Waals surface area (Å²) >= 11 is 11.9. The number of carbonyl (C=O) groups is 1. The molecule has 4 nitrogen and oxygen atoms in total. The second-order valence-corrected chi connectivity index (χ2v) is 4.43. The molecule has 0 fully saturated rings. The Hall–Kier alpha value is -1.39. The molecule has 17 heavy (non-hydrogen) atoms. The van der Waals surface area contributed by atoms with Crippen LogP contribution in [0.3, 0.4) is 0 Å². The van der Waals surface area contributed by atoms with E-state index in [0.717, 1.165) is 0 Å². The van der Waals surface area contributed by atoms with Gasteiger partial charge in [-0.15, -0.1) is 5.10 Å². The zero-order valence-electron chi connectivity index (χ0n) is 9.24. The minimum Gasteiger partial charge on any atom is -0.293 e. The Bertz CT molecular complexity index is 592. The topological polar surface area (TPSA) is 47.8 Å². The van der Waals surface area contributed by atoms with Crippen LogP contribution in [0.15, 0.2) is 18.2 Å². The molecule has 1 heterocycles. The molecule has 0 aliphatic carbocycles. The summed E-state index contributed by atoms with van der Waals surface area (Å²) in [5.41, 5.74) is 1.64. The van der Waals surface area contributed by atoms with Crippen molar-refractivity contribution in [1.82, 2.24) is 15.0 Å². The summed E-state index contributed by atoms with van der Waals surface area (Å²) in [4.78, 5) is 11.3. The third kappa shape index (κ3) is 2.18. The molecule has 1 aromatic carbocycles. The first-order valence-corrected chi connectivity index (χ1v) is 5.65. The van der Waals surface area contributed by atoms with Crippen molar-refractivity contribution in [2.45, 2.75) is 13.8 Å². The first kappa shape index (κ1) is 12.1. The molecule has 0 saturated carbocycles. The van der Waals surface area contributed by atoms with Gasteiger partial charge in [0.05, 0.1) is 16.4 Å². The Morgan fingerprint density at radius 3 is 2.59 bits per heavy atom. The van der Waals surface area contributed by atoms with Crippen molar-refractivity contribution in [1.29, 1.82) is 0 Å². The maximum atomic E-state index is 11.3. The van der Waals surface area contributed by atoms with Crippen molar-refractivity contribution in [3.63, 3.8) is 0 Å². The lowest BCUT2D eigenvalue weighted by Gasteiger charge is -2.05. The minimum atomic E-state index is -0.126. The largest absolute Gasteiger partial charge is 0.293 e. The van der Waals surface area contributed by atoms with Crippen molar-refractivity contribution in [2.24, 2.45) is 0 Å². The molecule has 0 aliphatic rings. The Kier molecular flexibility index (Phi) is 3.17. The summed E-state index contributed by atoms with van der Waals surface area (Å²) in [6.45, 7) is 3.21. The maximum Gasteiger partial charge on any atom is 0.181 e. The first-order chi connectivity index (χ1) is 8.00. The molecule has 0 saturated heterocycles. The van der Waals surface area contributed by atoms with E-state index >= 15 is 0 Å². The van der Waals surface area contributed by atoms with Crippen molar-refractivity contribution < 1.29 is 4.79 Å². The van der Waals surface area contributed by atoms with Gasteiger partial charge in [0.2, 0.25) is 0 Å². The second kappa shape index (κ2) is 4.47. The summed E-state index contributed by atoms with van der Waals surface area (Å²) in [5.74, 6) is -0.126. The van der Waals surface area contributed by atoms with Gasteiger partial charge in [0, 0.05) is 11.9 Å². The number of halogens is 2. The standard InChI is InChI=1S/C11H9Cl2N3O/c1-6-11(7(2)17)14-15-16(6)10-4-3-8(12)5-9(10)13/h3-5H,1-2H3. The van der Waals surface area contributed by atoms with E-state index in [-0.39, 0.29) is 5.78 Å². The summed E-state index contributed by atoms with van der Waals surface area (Å²) in [6.07, 6.45) is 0. The average Bonchev–Trinajstić information content (AvgIpc) is 2.60. The Morgan fingerprint density at radius 1 is 1.35 bits per heavy atom. The van der Waals surface area contributed by atoms with Crippen LogP contribution >= 0.6 is 23.2 Å². The summed E-state index contributed by atoms with van der Waals surface area (Å²) in [7, 11) is 0. The molecule has 0 spiro atoms. The number of hydrogen-bond donors (Lipinski definition) is 0. The van der Waals surface area contributed by atoms with Crippen molar-refractivity contribution >= 4 is 29.0 Å². The molecule has 0 amide bonds. The van der Waals surface area contributed by atoms with E-state index in [0.29, 0.717) is 27.1 Å². The SMILES string of the molecule is CC(=O)c1nnn(-c2ccc(Cl)cc2Cl)c1C. The number of aromatic nitrogens is 3. The van der Waals surface area contributed by atoms with E-state index in [1.54, 1.807) is 25.1 Å². The summed E-state index contributed by atoms with van der Waals surface area (Å²) in [5, 5.41) is 8.75. The fourth-order valence-electron chi connectivity index (χ4n) is 1.54. The van der Waals surface area contributed by atoms with Crippen molar-refractivity contribution in [3.8, 4) is 5.69 Å². The Labute approximate surface area is 108 Å². The third-order valence-electron chi connectivity index (χ3n) is 2.37. The van der Waals surface area contributed by atoms with Crippen LogP contribution in [0.1, 0.15) is 23.1 Å². The zero-order valence-corrected chi connectivity index (χ0v) is 10.7. The molecule has 2 aromatic rings. The number of rotatable bonds is 2. The Balaban J connectivity index is 2.57. The minimum absolute atomic E-state index is 0.126. The van der Waals surface area contributed by atoms with Gasteiger partial charge in [0.15, 0.2) is 11.5 Å². The highest BCUT2D eigenvalue weighted by Crippen LogP contribution is 2.25. The van der Waals surface area contributed by atoms with Gasteiger partial charge < -0.3 is 0 Å². The highest BCUT2D eigenvalue weighted by Gasteiger charge is 2.15. The lowest BCUT2D eigenvalue weighted by molar-refractivity contribution is 0.101. The fourth-order valence-corrected chi connectivity index (χ4v) is 2.02. The number of benzene rings is 1. The van der Waals surface area contributed by atoms with Crippen LogP contribution in [0.5, 0.6) is 0 Å². The molecule has 0 bridgehead atoms. The maximum absolute atomic E-state index is 11.3. The summed E-state index contributed by atoms with van der Waals surface area (Å²) < 4.78 is 1.52. The molecular weight excluding hydrogens is 261 g/mol. The molecule has 1 aromatic heterocycles. The number of hydrogen-bond acceptors (Lipinski definition) is 3. The molecule has 0 atom stereocenters. The van der Waals surface area contributed by atoms with Gasteiger partial charge in [0.1, 0.15) is 0 Å². The van der Waals surface area contributed by atoms with E-state index in [9.17, 15) is 4.79 Å². The van der Waals surface area contributed by atoms with Crippen LogP contribution in [0.4, 0.5) is 0 Å². The highest BCUT2D eigenvalue weighted by atomic mass is 35.5. The molecule has 0 unspecified atom stereocenters. The monoisotopic (exact) mass is 269 g/mol. The van der Waals surface area contributed by atoms with Gasteiger partial charge in [-0.2, -0.15) is 0 Å². The molecule has 0 aliphatic heterocycles.